The van der Waals surface area contributed by atoms with E-state index in [1.165, 1.54) is 6.07 Å². The van der Waals surface area contributed by atoms with Crippen LogP contribution in [-0.4, -0.2) is 6.04 Å². The van der Waals surface area contributed by atoms with E-state index in [1.807, 2.05) is 25.1 Å². The summed E-state index contributed by atoms with van der Waals surface area (Å²) in [6, 6.07) is 9.08. The van der Waals surface area contributed by atoms with Crippen molar-refractivity contribution < 1.29 is 8.81 Å². The van der Waals surface area contributed by atoms with Crippen LogP contribution in [-0.2, 0) is 6.42 Å². The second-order valence-electron chi connectivity index (χ2n) is 4.24. The van der Waals surface area contributed by atoms with Crippen molar-refractivity contribution in [3.05, 3.63) is 53.7 Å². The minimum absolute atomic E-state index is 0.180. The predicted octanol–water partition coefficient (Wildman–Crippen LogP) is 3.77. The first kappa shape index (κ1) is 11.7. The highest BCUT2D eigenvalue weighted by molar-refractivity contribution is 5.51. The Kier molecular flexibility index (Phi) is 3.47. The van der Waals surface area contributed by atoms with Crippen LogP contribution in [0.5, 0.6) is 0 Å². The van der Waals surface area contributed by atoms with Gasteiger partial charge in [-0.3, -0.25) is 0 Å². The molecule has 1 N–H and O–H groups in total. The van der Waals surface area contributed by atoms with E-state index in [0.29, 0.717) is 5.56 Å². The highest BCUT2D eigenvalue weighted by atomic mass is 19.1. The maximum Gasteiger partial charge on any atom is 0.128 e. The number of hydrogen-bond acceptors (Lipinski definition) is 2. The van der Waals surface area contributed by atoms with Gasteiger partial charge in [0.25, 0.3) is 0 Å². The summed E-state index contributed by atoms with van der Waals surface area (Å²) in [7, 11) is 0. The summed E-state index contributed by atoms with van der Waals surface area (Å²) in [4.78, 5) is 0. The van der Waals surface area contributed by atoms with E-state index in [9.17, 15) is 4.39 Å². The van der Waals surface area contributed by atoms with E-state index in [-0.39, 0.29) is 11.9 Å². The number of rotatable bonds is 4. The highest BCUT2D eigenvalue weighted by Crippen LogP contribution is 2.19. The van der Waals surface area contributed by atoms with Gasteiger partial charge in [-0.25, -0.2) is 4.39 Å². The molecule has 90 valence electrons. The topological polar surface area (TPSA) is 25.2 Å². The Morgan fingerprint density at radius 2 is 2.12 bits per heavy atom. The van der Waals surface area contributed by atoms with E-state index in [1.54, 1.807) is 19.3 Å². The first-order chi connectivity index (χ1) is 8.16. The van der Waals surface area contributed by atoms with Gasteiger partial charge in [0.05, 0.1) is 6.26 Å². The molecule has 0 amide bonds. The number of benzene rings is 1. The smallest absolute Gasteiger partial charge is 0.128 e. The van der Waals surface area contributed by atoms with Crippen molar-refractivity contribution in [1.29, 1.82) is 0 Å². The molecule has 0 aliphatic rings. The number of anilines is 1. The first-order valence-electron chi connectivity index (χ1n) is 5.71. The quantitative estimate of drug-likeness (QED) is 0.869. The van der Waals surface area contributed by atoms with Crippen molar-refractivity contribution in [2.75, 3.05) is 5.32 Å². The van der Waals surface area contributed by atoms with Crippen LogP contribution in [0, 0.1) is 12.7 Å². The van der Waals surface area contributed by atoms with E-state index >= 15 is 0 Å². The number of furan rings is 1. The standard InChI is InChI=1S/C14H16FNO/c1-10(9-12-5-4-8-17-12)16-14-7-3-6-13(15)11(14)2/h3-8,10,16H,9H2,1-2H3. The second-order valence-corrected chi connectivity index (χ2v) is 4.24. The molecule has 2 aromatic rings. The number of hydrogen-bond donors (Lipinski definition) is 1. The predicted molar refractivity (Wildman–Crippen MR) is 66.6 cm³/mol. The third-order valence-corrected chi connectivity index (χ3v) is 2.76. The molecule has 2 nitrogen and oxygen atoms in total. The molecule has 1 atom stereocenters. The van der Waals surface area contributed by atoms with E-state index in [0.717, 1.165) is 17.9 Å². The monoisotopic (exact) mass is 233 g/mol. The Bertz CT molecular complexity index is 479. The summed E-state index contributed by atoms with van der Waals surface area (Å²) in [6.45, 7) is 3.82. The zero-order chi connectivity index (χ0) is 12.3. The minimum atomic E-state index is -0.180. The molecule has 1 unspecified atom stereocenters. The van der Waals surface area contributed by atoms with Crippen LogP contribution in [0.4, 0.5) is 10.1 Å². The molecule has 0 saturated carbocycles. The summed E-state index contributed by atoms with van der Waals surface area (Å²) >= 11 is 0. The molecule has 3 heteroatoms. The molecule has 0 saturated heterocycles. The van der Waals surface area contributed by atoms with Gasteiger partial charge in [-0.1, -0.05) is 6.07 Å². The lowest BCUT2D eigenvalue weighted by molar-refractivity contribution is 0.497. The van der Waals surface area contributed by atoms with Crippen molar-refractivity contribution in [2.45, 2.75) is 26.3 Å². The maximum absolute atomic E-state index is 13.3. The molecule has 0 aliphatic carbocycles. The molecule has 1 heterocycles. The molecule has 1 aromatic heterocycles. The fraction of sp³-hybridized carbons (Fsp3) is 0.286. The SMILES string of the molecule is Cc1c(F)cccc1NC(C)Cc1ccco1. The Hall–Kier alpha value is -1.77. The molecule has 0 radical (unpaired) electrons. The minimum Gasteiger partial charge on any atom is -0.469 e. The van der Waals surface area contributed by atoms with Gasteiger partial charge in [0.15, 0.2) is 0 Å². The van der Waals surface area contributed by atoms with Crippen LogP contribution in [0.25, 0.3) is 0 Å². The van der Waals surface area contributed by atoms with Crippen molar-refractivity contribution in [2.24, 2.45) is 0 Å². The fourth-order valence-corrected chi connectivity index (χ4v) is 1.81. The van der Waals surface area contributed by atoms with Crippen LogP contribution >= 0.6 is 0 Å². The van der Waals surface area contributed by atoms with Gasteiger partial charge in [-0.05, 0) is 38.1 Å². The normalized spacial score (nSPS) is 12.4. The van der Waals surface area contributed by atoms with Gasteiger partial charge in [-0.15, -0.1) is 0 Å². The Balaban J connectivity index is 2.03. The van der Waals surface area contributed by atoms with Gasteiger partial charge in [0.1, 0.15) is 11.6 Å². The largest absolute Gasteiger partial charge is 0.469 e. The van der Waals surface area contributed by atoms with Gasteiger partial charge < -0.3 is 9.73 Å². The molecule has 0 spiro atoms. The van der Waals surface area contributed by atoms with Crippen LogP contribution < -0.4 is 5.32 Å². The second kappa shape index (κ2) is 5.04. The third-order valence-electron chi connectivity index (χ3n) is 2.76. The van der Waals surface area contributed by atoms with Gasteiger partial charge in [-0.2, -0.15) is 0 Å². The lowest BCUT2D eigenvalue weighted by Gasteiger charge is -2.16. The zero-order valence-electron chi connectivity index (χ0n) is 10.0. The Morgan fingerprint density at radius 1 is 1.29 bits per heavy atom. The van der Waals surface area contributed by atoms with Crippen molar-refractivity contribution in [1.82, 2.24) is 0 Å². The summed E-state index contributed by atoms with van der Waals surface area (Å²) in [5, 5.41) is 3.29. The molecular weight excluding hydrogens is 217 g/mol. The van der Waals surface area contributed by atoms with E-state index in [4.69, 9.17) is 4.42 Å². The highest BCUT2D eigenvalue weighted by Gasteiger charge is 2.08. The van der Waals surface area contributed by atoms with Crippen LogP contribution in [0.3, 0.4) is 0 Å². The molecule has 1 aromatic carbocycles. The fourth-order valence-electron chi connectivity index (χ4n) is 1.81. The van der Waals surface area contributed by atoms with Crippen LogP contribution in [0.1, 0.15) is 18.2 Å². The van der Waals surface area contributed by atoms with Crippen molar-refractivity contribution >= 4 is 5.69 Å². The third kappa shape index (κ3) is 2.87. The molecular formula is C14H16FNO. The summed E-state index contributed by atoms with van der Waals surface area (Å²) in [5.41, 5.74) is 1.49. The number of nitrogens with one attached hydrogen (secondary N) is 1. The van der Waals surface area contributed by atoms with Gasteiger partial charge in [0.2, 0.25) is 0 Å². The zero-order valence-corrected chi connectivity index (χ0v) is 10.0. The molecule has 0 fully saturated rings. The molecule has 0 bridgehead atoms. The average molecular weight is 233 g/mol. The number of halogens is 1. The summed E-state index contributed by atoms with van der Waals surface area (Å²) in [6.07, 6.45) is 2.44. The van der Waals surface area contributed by atoms with Crippen molar-refractivity contribution in [3.63, 3.8) is 0 Å². The lowest BCUT2D eigenvalue weighted by atomic mass is 10.1. The molecule has 17 heavy (non-hydrogen) atoms. The summed E-state index contributed by atoms with van der Waals surface area (Å²) < 4.78 is 18.6. The summed E-state index contributed by atoms with van der Waals surface area (Å²) in [5.74, 6) is 0.749. The van der Waals surface area contributed by atoms with Crippen molar-refractivity contribution in [3.8, 4) is 0 Å². The van der Waals surface area contributed by atoms with Gasteiger partial charge in [0, 0.05) is 23.7 Å². The average Bonchev–Trinajstić information content (AvgIpc) is 2.77. The van der Waals surface area contributed by atoms with E-state index < -0.39 is 0 Å². The Labute approximate surface area is 100 Å². The lowest BCUT2D eigenvalue weighted by Crippen LogP contribution is -2.18. The van der Waals surface area contributed by atoms with Gasteiger partial charge >= 0.3 is 0 Å². The molecule has 2 rings (SSSR count). The van der Waals surface area contributed by atoms with E-state index in [2.05, 4.69) is 5.32 Å². The molecule has 0 aliphatic heterocycles. The van der Waals surface area contributed by atoms with Crippen LogP contribution in [0.2, 0.25) is 0 Å². The maximum atomic E-state index is 13.3. The first-order valence-corrected chi connectivity index (χ1v) is 5.71. The Morgan fingerprint density at radius 3 is 2.82 bits per heavy atom. The van der Waals surface area contributed by atoms with Crippen LogP contribution in [0.15, 0.2) is 41.0 Å².